The second kappa shape index (κ2) is 8.30. The number of aromatic nitrogens is 5. The van der Waals surface area contributed by atoms with E-state index in [0.717, 1.165) is 39.1 Å². The van der Waals surface area contributed by atoms with Crippen molar-refractivity contribution in [1.29, 1.82) is 0 Å². The number of carbonyl (C=O) groups excluding carboxylic acids is 1. The van der Waals surface area contributed by atoms with Crippen LogP contribution in [0.15, 0.2) is 71.8 Å². The SMILES string of the molecule is Cn1cc(-c2ccc3c(c2)ncn3-c2ccc(CC(=O)Nc3cc(C(C)(C)C)no3)cc2)cn1. The topological polar surface area (TPSA) is 90.8 Å². The molecule has 0 atom stereocenters. The number of hydrogen-bond donors (Lipinski definition) is 1. The van der Waals surface area contributed by atoms with Gasteiger partial charge in [-0.1, -0.05) is 44.1 Å². The molecule has 0 aliphatic rings. The summed E-state index contributed by atoms with van der Waals surface area (Å²) in [6, 6.07) is 15.9. The summed E-state index contributed by atoms with van der Waals surface area (Å²) in [5.41, 5.74) is 6.60. The number of nitrogens with zero attached hydrogens (tertiary/aromatic N) is 5. The zero-order valence-corrected chi connectivity index (χ0v) is 19.6. The van der Waals surface area contributed by atoms with Crippen LogP contribution in [0.1, 0.15) is 32.0 Å². The summed E-state index contributed by atoms with van der Waals surface area (Å²) in [4.78, 5) is 17.0. The lowest BCUT2D eigenvalue weighted by Gasteiger charge is -2.12. The van der Waals surface area contributed by atoms with Crippen LogP contribution >= 0.6 is 0 Å². The molecule has 5 aromatic rings. The van der Waals surface area contributed by atoms with Crippen molar-refractivity contribution in [2.24, 2.45) is 7.05 Å². The van der Waals surface area contributed by atoms with E-state index in [1.165, 1.54) is 0 Å². The molecular formula is C26H26N6O2. The van der Waals surface area contributed by atoms with Gasteiger partial charge in [-0.05, 0) is 35.4 Å². The lowest BCUT2D eigenvalue weighted by atomic mass is 9.92. The van der Waals surface area contributed by atoms with E-state index in [2.05, 4.69) is 38.8 Å². The molecule has 0 bridgehead atoms. The summed E-state index contributed by atoms with van der Waals surface area (Å²) >= 11 is 0. The first-order chi connectivity index (χ1) is 16.3. The number of anilines is 1. The van der Waals surface area contributed by atoms with Crippen molar-refractivity contribution in [3.8, 4) is 16.8 Å². The summed E-state index contributed by atoms with van der Waals surface area (Å²) in [6.07, 6.45) is 5.89. The molecule has 5 rings (SSSR count). The third kappa shape index (κ3) is 4.34. The summed E-state index contributed by atoms with van der Waals surface area (Å²) in [6.45, 7) is 6.13. The van der Waals surface area contributed by atoms with E-state index in [4.69, 9.17) is 4.52 Å². The highest BCUT2D eigenvalue weighted by molar-refractivity contribution is 5.91. The van der Waals surface area contributed by atoms with Crippen LogP contribution in [-0.4, -0.2) is 30.4 Å². The van der Waals surface area contributed by atoms with E-state index in [9.17, 15) is 4.79 Å². The number of fused-ring (bicyclic) bond motifs is 1. The molecule has 8 heteroatoms. The van der Waals surface area contributed by atoms with Crippen molar-refractivity contribution in [1.82, 2.24) is 24.5 Å². The first-order valence-electron chi connectivity index (χ1n) is 11.1. The average molecular weight is 455 g/mol. The molecule has 1 N–H and O–H groups in total. The maximum atomic E-state index is 12.5. The molecule has 34 heavy (non-hydrogen) atoms. The number of aryl methyl sites for hydroxylation is 1. The van der Waals surface area contributed by atoms with Gasteiger partial charge in [-0.3, -0.25) is 19.4 Å². The Morgan fingerprint density at radius 2 is 1.85 bits per heavy atom. The monoisotopic (exact) mass is 454 g/mol. The number of amides is 1. The predicted molar refractivity (Wildman–Crippen MR) is 131 cm³/mol. The molecular weight excluding hydrogens is 428 g/mol. The minimum absolute atomic E-state index is 0.139. The van der Waals surface area contributed by atoms with Gasteiger partial charge in [0.1, 0.15) is 6.33 Å². The average Bonchev–Trinajstić information content (AvgIpc) is 3.53. The Balaban J connectivity index is 1.29. The summed E-state index contributed by atoms with van der Waals surface area (Å²) in [5, 5.41) is 11.1. The van der Waals surface area contributed by atoms with E-state index in [1.54, 1.807) is 10.7 Å². The fraction of sp³-hybridized carbons (Fsp3) is 0.231. The fourth-order valence-electron chi connectivity index (χ4n) is 3.80. The highest BCUT2D eigenvalue weighted by Crippen LogP contribution is 2.26. The molecule has 8 nitrogen and oxygen atoms in total. The van der Waals surface area contributed by atoms with Crippen LogP contribution in [0.5, 0.6) is 0 Å². The standard InChI is InChI=1S/C26H26N6O2/c1-26(2,3)23-13-25(34-30-23)29-24(33)11-17-5-8-20(9-6-17)32-16-27-21-12-18(7-10-22(21)32)19-14-28-31(4)15-19/h5-10,12-16H,11H2,1-4H3,(H,29,33). The smallest absolute Gasteiger partial charge is 0.231 e. The Kier molecular flexibility index (Phi) is 5.28. The molecule has 0 spiro atoms. The van der Waals surface area contributed by atoms with Crippen molar-refractivity contribution in [3.05, 3.63) is 78.5 Å². The molecule has 0 saturated heterocycles. The minimum atomic E-state index is -0.152. The van der Waals surface area contributed by atoms with Gasteiger partial charge in [0.05, 0.1) is 29.3 Å². The van der Waals surface area contributed by atoms with Crippen molar-refractivity contribution >= 4 is 22.8 Å². The van der Waals surface area contributed by atoms with Gasteiger partial charge in [-0.15, -0.1) is 0 Å². The number of rotatable bonds is 5. The van der Waals surface area contributed by atoms with E-state index >= 15 is 0 Å². The lowest BCUT2D eigenvalue weighted by molar-refractivity contribution is -0.115. The van der Waals surface area contributed by atoms with Crippen LogP contribution in [0.4, 0.5) is 5.88 Å². The van der Waals surface area contributed by atoms with Gasteiger partial charge in [0.2, 0.25) is 11.8 Å². The molecule has 3 aromatic heterocycles. The van der Waals surface area contributed by atoms with Crippen molar-refractivity contribution in [2.75, 3.05) is 5.32 Å². The van der Waals surface area contributed by atoms with Gasteiger partial charge in [-0.25, -0.2) is 4.98 Å². The molecule has 1 amide bonds. The second-order valence-electron chi connectivity index (χ2n) is 9.44. The summed E-state index contributed by atoms with van der Waals surface area (Å²) < 4.78 is 9.07. The number of benzene rings is 2. The summed E-state index contributed by atoms with van der Waals surface area (Å²) in [7, 11) is 1.90. The molecule has 0 radical (unpaired) electrons. The second-order valence-corrected chi connectivity index (χ2v) is 9.44. The maximum Gasteiger partial charge on any atom is 0.231 e. The molecule has 2 aromatic carbocycles. The van der Waals surface area contributed by atoms with Crippen molar-refractivity contribution < 1.29 is 9.32 Å². The summed E-state index contributed by atoms with van der Waals surface area (Å²) in [5.74, 6) is 0.211. The molecule has 172 valence electrons. The molecule has 0 unspecified atom stereocenters. The van der Waals surface area contributed by atoms with Gasteiger partial charge in [0.15, 0.2) is 0 Å². The van der Waals surface area contributed by atoms with Crippen molar-refractivity contribution in [2.45, 2.75) is 32.6 Å². The Hall–Kier alpha value is -4.20. The third-order valence-electron chi connectivity index (χ3n) is 5.71. The van der Waals surface area contributed by atoms with E-state index in [0.29, 0.717) is 5.88 Å². The molecule has 0 fully saturated rings. The Morgan fingerprint density at radius 1 is 1.06 bits per heavy atom. The van der Waals surface area contributed by atoms with Crippen LogP contribution in [0, 0.1) is 0 Å². The largest absolute Gasteiger partial charge is 0.338 e. The zero-order valence-electron chi connectivity index (χ0n) is 19.6. The third-order valence-corrected chi connectivity index (χ3v) is 5.71. The van der Waals surface area contributed by atoms with Crippen molar-refractivity contribution in [3.63, 3.8) is 0 Å². The van der Waals surface area contributed by atoms with Crippen LogP contribution < -0.4 is 5.32 Å². The molecule has 3 heterocycles. The molecule has 0 saturated carbocycles. The van der Waals surface area contributed by atoms with Crippen LogP contribution in [0.2, 0.25) is 0 Å². The molecule has 0 aliphatic carbocycles. The van der Waals surface area contributed by atoms with E-state index in [1.807, 2.05) is 75.4 Å². The zero-order chi connectivity index (χ0) is 23.9. The Bertz CT molecular complexity index is 1470. The highest BCUT2D eigenvalue weighted by atomic mass is 16.5. The van der Waals surface area contributed by atoms with Gasteiger partial charge >= 0.3 is 0 Å². The van der Waals surface area contributed by atoms with Gasteiger partial charge in [0.25, 0.3) is 0 Å². The van der Waals surface area contributed by atoms with E-state index in [-0.39, 0.29) is 17.7 Å². The number of nitrogens with one attached hydrogen (secondary N) is 1. The van der Waals surface area contributed by atoms with Gasteiger partial charge < -0.3 is 4.52 Å². The van der Waals surface area contributed by atoms with Gasteiger partial charge in [-0.2, -0.15) is 5.10 Å². The lowest BCUT2D eigenvalue weighted by Crippen LogP contribution is -2.14. The number of carbonyl (C=O) groups is 1. The fourth-order valence-corrected chi connectivity index (χ4v) is 3.80. The predicted octanol–water partition coefficient (Wildman–Crippen LogP) is 4.89. The maximum absolute atomic E-state index is 12.5. The Labute approximate surface area is 197 Å². The Morgan fingerprint density at radius 3 is 2.53 bits per heavy atom. The van der Waals surface area contributed by atoms with Crippen LogP contribution in [-0.2, 0) is 23.7 Å². The highest BCUT2D eigenvalue weighted by Gasteiger charge is 2.19. The number of imidazole rings is 1. The van der Waals surface area contributed by atoms with E-state index < -0.39 is 0 Å². The number of hydrogen-bond acceptors (Lipinski definition) is 5. The quantitative estimate of drug-likeness (QED) is 0.408. The molecule has 0 aliphatic heterocycles. The minimum Gasteiger partial charge on any atom is -0.338 e. The van der Waals surface area contributed by atoms with Crippen LogP contribution in [0.25, 0.3) is 27.8 Å². The van der Waals surface area contributed by atoms with Gasteiger partial charge in [0, 0.05) is 36.0 Å². The normalized spacial score (nSPS) is 11.8. The van der Waals surface area contributed by atoms with Crippen LogP contribution in [0.3, 0.4) is 0 Å². The first kappa shape index (κ1) is 21.6. The first-order valence-corrected chi connectivity index (χ1v) is 11.1.